The number of anilines is 1. The number of carbonyl (C=O) groups is 2. The minimum absolute atomic E-state index is 0.0144. The maximum Gasteiger partial charge on any atom is 0.291 e. The van der Waals surface area contributed by atoms with Crippen molar-refractivity contribution >= 4 is 35.2 Å². The Bertz CT molecular complexity index is 1250. The van der Waals surface area contributed by atoms with Crippen molar-refractivity contribution in [3.63, 3.8) is 0 Å². The summed E-state index contributed by atoms with van der Waals surface area (Å²) >= 11 is 6.18. The van der Waals surface area contributed by atoms with Crippen LogP contribution in [0.4, 0.5) is 5.69 Å². The number of rotatable bonds is 3. The van der Waals surface area contributed by atoms with Crippen molar-refractivity contribution in [3.8, 4) is 5.75 Å². The topological polar surface area (TPSA) is 67.4 Å². The number of aryl methyl sites for hydroxylation is 1. The predicted molar refractivity (Wildman–Crippen MR) is 125 cm³/mol. The maximum atomic E-state index is 12.9. The second-order valence-electron chi connectivity index (χ2n) is 7.91. The van der Waals surface area contributed by atoms with Gasteiger partial charge in [-0.05, 0) is 66.3 Å². The molecule has 5 nitrogen and oxygen atoms in total. The van der Waals surface area contributed by atoms with E-state index in [9.17, 15) is 9.59 Å². The van der Waals surface area contributed by atoms with Crippen molar-refractivity contribution in [2.24, 2.45) is 0 Å². The fourth-order valence-corrected chi connectivity index (χ4v) is 4.37. The molecule has 0 saturated heterocycles. The fraction of sp³-hybridized carbons (Fsp3) is 0.154. The first-order chi connectivity index (χ1) is 15.6. The van der Waals surface area contributed by atoms with E-state index in [1.54, 1.807) is 36.4 Å². The molecule has 0 spiro atoms. The van der Waals surface area contributed by atoms with Crippen LogP contribution in [0.15, 0.2) is 72.5 Å². The number of fused-ring (bicyclic) bond motifs is 2. The summed E-state index contributed by atoms with van der Waals surface area (Å²) in [6.07, 6.45) is 4.58. The molecule has 2 amide bonds. The number of nitrogens with one attached hydrogen (secondary N) is 2. The first kappa shape index (κ1) is 20.3. The number of ether oxygens (including phenoxy) is 1. The average molecular weight is 445 g/mol. The van der Waals surface area contributed by atoms with Crippen LogP contribution in [0, 0.1) is 0 Å². The molecular formula is C26H21ClN2O3. The van der Waals surface area contributed by atoms with Crippen LogP contribution in [0.5, 0.6) is 5.75 Å². The van der Waals surface area contributed by atoms with Crippen LogP contribution < -0.4 is 15.4 Å². The van der Waals surface area contributed by atoms with Crippen LogP contribution in [0.25, 0.3) is 6.08 Å². The van der Waals surface area contributed by atoms with Gasteiger partial charge in [-0.15, -0.1) is 0 Å². The Balaban J connectivity index is 1.35. The third-order valence-electron chi connectivity index (χ3n) is 5.80. The zero-order valence-corrected chi connectivity index (χ0v) is 18.0. The molecule has 0 saturated carbocycles. The summed E-state index contributed by atoms with van der Waals surface area (Å²) < 4.78 is 5.79. The number of halogens is 1. The normalized spacial score (nSPS) is 18.2. The van der Waals surface area contributed by atoms with Gasteiger partial charge in [-0.25, -0.2) is 0 Å². The summed E-state index contributed by atoms with van der Waals surface area (Å²) in [5, 5.41) is 6.47. The van der Waals surface area contributed by atoms with E-state index in [0.717, 1.165) is 19.3 Å². The van der Waals surface area contributed by atoms with Gasteiger partial charge in [0.2, 0.25) is 0 Å². The summed E-state index contributed by atoms with van der Waals surface area (Å²) in [6, 6.07) is 20.5. The van der Waals surface area contributed by atoms with Gasteiger partial charge in [0.05, 0.1) is 11.7 Å². The highest BCUT2D eigenvalue weighted by Crippen LogP contribution is 2.34. The van der Waals surface area contributed by atoms with Gasteiger partial charge in [-0.1, -0.05) is 54.1 Å². The van der Waals surface area contributed by atoms with E-state index in [-0.39, 0.29) is 17.7 Å². The Hall–Kier alpha value is -3.57. The van der Waals surface area contributed by atoms with Gasteiger partial charge in [-0.3, -0.25) is 9.59 Å². The predicted octanol–water partition coefficient (Wildman–Crippen LogP) is 5.52. The molecule has 5 rings (SSSR count). The van der Waals surface area contributed by atoms with Crippen LogP contribution in [0.3, 0.4) is 0 Å². The molecule has 2 aliphatic rings. The number of carbonyl (C=O) groups excluding carboxylic acids is 2. The highest BCUT2D eigenvalue weighted by molar-refractivity contribution is 6.32. The molecule has 1 heterocycles. The second kappa shape index (κ2) is 8.52. The molecule has 1 unspecified atom stereocenters. The molecule has 1 aliphatic carbocycles. The van der Waals surface area contributed by atoms with E-state index in [1.165, 1.54) is 11.1 Å². The lowest BCUT2D eigenvalue weighted by Crippen LogP contribution is -2.31. The number of hydrogen-bond donors (Lipinski definition) is 2. The number of amides is 2. The van der Waals surface area contributed by atoms with Crippen LogP contribution in [0.2, 0.25) is 5.02 Å². The van der Waals surface area contributed by atoms with Crippen molar-refractivity contribution in [2.75, 3.05) is 5.32 Å². The van der Waals surface area contributed by atoms with Gasteiger partial charge >= 0.3 is 0 Å². The number of hydrogen-bond acceptors (Lipinski definition) is 3. The zero-order valence-electron chi connectivity index (χ0n) is 17.2. The van der Waals surface area contributed by atoms with Crippen LogP contribution >= 0.6 is 11.6 Å². The Morgan fingerprint density at radius 3 is 2.78 bits per heavy atom. The molecule has 3 aromatic rings. The van der Waals surface area contributed by atoms with Gasteiger partial charge in [-0.2, -0.15) is 0 Å². The molecule has 2 N–H and O–H groups in total. The zero-order chi connectivity index (χ0) is 22.1. The first-order valence-corrected chi connectivity index (χ1v) is 10.9. The summed E-state index contributed by atoms with van der Waals surface area (Å²) in [7, 11) is 0. The molecule has 160 valence electrons. The monoisotopic (exact) mass is 444 g/mol. The molecule has 1 atom stereocenters. The minimum Gasteiger partial charge on any atom is -0.449 e. The van der Waals surface area contributed by atoms with Crippen LogP contribution in [-0.2, 0) is 11.2 Å². The molecule has 6 heteroatoms. The van der Waals surface area contributed by atoms with E-state index in [1.807, 2.05) is 24.3 Å². The van der Waals surface area contributed by atoms with Crippen molar-refractivity contribution < 1.29 is 14.3 Å². The molecule has 32 heavy (non-hydrogen) atoms. The first-order valence-electron chi connectivity index (χ1n) is 10.6. The maximum absolute atomic E-state index is 12.9. The Labute approximate surface area is 191 Å². The van der Waals surface area contributed by atoms with Crippen molar-refractivity contribution in [3.05, 3.63) is 99.8 Å². The molecule has 0 fully saturated rings. The highest BCUT2D eigenvalue weighted by Gasteiger charge is 2.25. The van der Waals surface area contributed by atoms with Crippen molar-refractivity contribution in [2.45, 2.75) is 25.3 Å². The summed E-state index contributed by atoms with van der Waals surface area (Å²) in [6.45, 7) is 0. The lowest BCUT2D eigenvalue weighted by atomic mass is 9.87. The quantitative estimate of drug-likeness (QED) is 0.523. The molecule has 0 radical (unpaired) electrons. The van der Waals surface area contributed by atoms with E-state index in [0.29, 0.717) is 27.6 Å². The van der Waals surface area contributed by atoms with Gasteiger partial charge in [0.25, 0.3) is 11.8 Å². The summed E-state index contributed by atoms with van der Waals surface area (Å²) in [4.78, 5) is 25.5. The molecular weight excluding hydrogens is 424 g/mol. The largest absolute Gasteiger partial charge is 0.449 e. The Kier molecular flexibility index (Phi) is 5.41. The SMILES string of the molecule is O=C1Nc2cc(C(=O)NC3CCCc4ccccc43)ccc2OC1=Cc1ccccc1Cl. The van der Waals surface area contributed by atoms with E-state index in [4.69, 9.17) is 16.3 Å². The second-order valence-corrected chi connectivity index (χ2v) is 8.32. The fourth-order valence-electron chi connectivity index (χ4n) is 4.18. The van der Waals surface area contributed by atoms with Crippen molar-refractivity contribution in [1.82, 2.24) is 5.32 Å². The molecule has 0 aromatic heterocycles. The smallest absolute Gasteiger partial charge is 0.291 e. The third kappa shape index (κ3) is 3.99. The van der Waals surface area contributed by atoms with Gasteiger partial charge < -0.3 is 15.4 Å². The lowest BCUT2D eigenvalue weighted by Gasteiger charge is -2.26. The van der Waals surface area contributed by atoms with Crippen LogP contribution in [0.1, 0.15) is 45.9 Å². The standard InChI is InChI=1S/C26H21ClN2O3/c27-20-10-4-2-7-17(20)15-24-26(31)29-22-14-18(12-13-23(22)32-24)25(30)28-21-11-5-8-16-6-1-3-9-19(16)21/h1-4,6-7,9-10,12-15,21H,5,8,11H2,(H,28,30)(H,29,31). The summed E-state index contributed by atoms with van der Waals surface area (Å²) in [5.41, 5.74) is 4.08. The lowest BCUT2D eigenvalue weighted by molar-refractivity contribution is -0.115. The molecule has 1 aliphatic heterocycles. The average Bonchev–Trinajstić information content (AvgIpc) is 2.81. The van der Waals surface area contributed by atoms with Gasteiger partial charge in [0.1, 0.15) is 0 Å². The minimum atomic E-state index is -0.392. The van der Waals surface area contributed by atoms with Crippen molar-refractivity contribution in [1.29, 1.82) is 0 Å². The Morgan fingerprint density at radius 1 is 1.09 bits per heavy atom. The van der Waals surface area contributed by atoms with E-state index >= 15 is 0 Å². The number of benzene rings is 3. The third-order valence-corrected chi connectivity index (χ3v) is 6.14. The van der Waals surface area contributed by atoms with E-state index in [2.05, 4.69) is 22.8 Å². The van der Waals surface area contributed by atoms with Gasteiger partial charge in [0, 0.05) is 10.6 Å². The van der Waals surface area contributed by atoms with Crippen LogP contribution in [-0.4, -0.2) is 11.8 Å². The van der Waals surface area contributed by atoms with Gasteiger partial charge in [0.15, 0.2) is 11.5 Å². The molecule has 3 aromatic carbocycles. The van der Waals surface area contributed by atoms with E-state index < -0.39 is 5.91 Å². The highest BCUT2D eigenvalue weighted by atomic mass is 35.5. The molecule has 0 bridgehead atoms. The summed E-state index contributed by atoms with van der Waals surface area (Å²) in [5.74, 6) is 0.0430. The Morgan fingerprint density at radius 2 is 1.91 bits per heavy atom.